The van der Waals surface area contributed by atoms with Gasteiger partial charge in [0, 0.05) is 5.92 Å². The number of rotatable bonds is 5. The summed E-state index contributed by atoms with van der Waals surface area (Å²) >= 11 is 0. The second-order valence-electron chi connectivity index (χ2n) is 4.63. The van der Waals surface area contributed by atoms with E-state index in [9.17, 15) is 5.11 Å². The van der Waals surface area contributed by atoms with Crippen molar-refractivity contribution in [2.75, 3.05) is 0 Å². The van der Waals surface area contributed by atoms with Gasteiger partial charge in [0.15, 0.2) is 6.29 Å². The first-order valence-corrected chi connectivity index (χ1v) is 5.99. The van der Waals surface area contributed by atoms with Crippen molar-refractivity contribution in [2.45, 2.75) is 46.3 Å². The molecule has 2 unspecified atom stereocenters. The van der Waals surface area contributed by atoms with Crippen molar-refractivity contribution in [1.82, 2.24) is 0 Å². The summed E-state index contributed by atoms with van der Waals surface area (Å²) in [7, 11) is 0. The Morgan fingerprint density at radius 1 is 1.12 bits per heavy atom. The first kappa shape index (κ1) is 13.0. The highest BCUT2D eigenvalue weighted by Gasteiger charge is 2.10. The molecule has 0 bridgehead atoms. The van der Waals surface area contributed by atoms with Gasteiger partial charge >= 0.3 is 0 Å². The fraction of sp³-hybridized carbons (Fsp3) is 0.571. The van der Waals surface area contributed by atoms with Crippen LogP contribution >= 0.6 is 0 Å². The van der Waals surface area contributed by atoms with E-state index in [2.05, 4.69) is 26.0 Å². The molecule has 0 spiro atoms. The summed E-state index contributed by atoms with van der Waals surface area (Å²) in [6.45, 7) is 8.24. The van der Waals surface area contributed by atoms with Gasteiger partial charge in [0.05, 0.1) is 0 Å². The lowest BCUT2D eigenvalue weighted by Gasteiger charge is -2.17. The number of aliphatic hydroxyl groups is 1. The van der Waals surface area contributed by atoms with Crippen molar-refractivity contribution in [3.8, 4) is 5.75 Å². The largest absolute Gasteiger partial charge is 0.465 e. The molecule has 16 heavy (non-hydrogen) atoms. The lowest BCUT2D eigenvalue weighted by atomic mass is 9.99. The Hall–Kier alpha value is -1.02. The SMILES string of the molecule is CCC(C)c1ccc(OC(O)C(C)C)cc1. The molecule has 0 aliphatic carbocycles. The number of hydrogen-bond acceptors (Lipinski definition) is 2. The number of aliphatic hydroxyl groups excluding tert-OH is 1. The first-order valence-electron chi connectivity index (χ1n) is 5.99. The Morgan fingerprint density at radius 3 is 2.12 bits per heavy atom. The second-order valence-corrected chi connectivity index (χ2v) is 4.63. The van der Waals surface area contributed by atoms with Crippen molar-refractivity contribution in [3.05, 3.63) is 29.8 Å². The van der Waals surface area contributed by atoms with Crippen molar-refractivity contribution < 1.29 is 9.84 Å². The molecule has 1 N–H and O–H groups in total. The molecular formula is C14H22O2. The van der Waals surface area contributed by atoms with Crippen LogP contribution in [0.3, 0.4) is 0 Å². The van der Waals surface area contributed by atoms with Crippen LogP contribution in [-0.2, 0) is 0 Å². The van der Waals surface area contributed by atoms with Crippen LogP contribution in [0.15, 0.2) is 24.3 Å². The average molecular weight is 222 g/mol. The quantitative estimate of drug-likeness (QED) is 0.772. The predicted molar refractivity (Wildman–Crippen MR) is 66.6 cm³/mol. The van der Waals surface area contributed by atoms with Gasteiger partial charge < -0.3 is 9.84 Å². The van der Waals surface area contributed by atoms with E-state index < -0.39 is 6.29 Å². The molecule has 90 valence electrons. The summed E-state index contributed by atoms with van der Waals surface area (Å²) in [6, 6.07) is 7.98. The normalized spacial score (nSPS) is 14.9. The molecule has 1 aromatic carbocycles. The Balaban J connectivity index is 2.64. The summed E-state index contributed by atoms with van der Waals surface area (Å²) in [5.41, 5.74) is 1.31. The predicted octanol–water partition coefficient (Wildman–Crippen LogP) is 3.55. The lowest BCUT2D eigenvalue weighted by Crippen LogP contribution is -2.21. The summed E-state index contributed by atoms with van der Waals surface area (Å²) in [6.07, 6.45) is 0.406. The minimum Gasteiger partial charge on any atom is -0.465 e. The van der Waals surface area contributed by atoms with Gasteiger partial charge in [0.1, 0.15) is 5.75 Å². The molecule has 2 atom stereocenters. The highest BCUT2D eigenvalue weighted by Crippen LogP contribution is 2.22. The van der Waals surface area contributed by atoms with Crippen LogP contribution in [0.4, 0.5) is 0 Å². The molecule has 1 rings (SSSR count). The maximum Gasteiger partial charge on any atom is 0.199 e. The summed E-state index contributed by atoms with van der Waals surface area (Å²) in [4.78, 5) is 0. The third-order valence-electron chi connectivity index (χ3n) is 2.89. The average Bonchev–Trinajstić information content (AvgIpc) is 2.28. The van der Waals surface area contributed by atoms with Crippen molar-refractivity contribution in [2.24, 2.45) is 5.92 Å². The third kappa shape index (κ3) is 3.53. The van der Waals surface area contributed by atoms with E-state index in [1.54, 1.807) is 0 Å². The molecule has 1 aromatic rings. The molecule has 0 aliphatic rings. The minimum absolute atomic E-state index is 0.106. The van der Waals surface area contributed by atoms with Gasteiger partial charge in [-0.2, -0.15) is 0 Å². The topological polar surface area (TPSA) is 29.5 Å². The van der Waals surface area contributed by atoms with E-state index in [-0.39, 0.29) is 5.92 Å². The molecule has 0 fully saturated rings. The molecule has 0 saturated carbocycles. The first-order chi connectivity index (χ1) is 7.54. The summed E-state index contributed by atoms with van der Waals surface area (Å²) in [5.74, 6) is 1.41. The molecule has 2 heteroatoms. The van der Waals surface area contributed by atoms with E-state index >= 15 is 0 Å². The third-order valence-corrected chi connectivity index (χ3v) is 2.89. The maximum atomic E-state index is 9.58. The maximum absolute atomic E-state index is 9.58. The minimum atomic E-state index is -0.727. The van der Waals surface area contributed by atoms with Gasteiger partial charge in [-0.05, 0) is 30.0 Å². The van der Waals surface area contributed by atoms with Crippen LogP contribution in [-0.4, -0.2) is 11.4 Å². The smallest absolute Gasteiger partial charge is 0.199 e. The van der Waals surface area contributed by atoms with Gasteiger partial charge in [-0.1, -0.05) is 39.8 Å². The van der Waals surface area contributed by atoms with Crippen LogP contribution in [0.5, 0.6) is 5.75 Å². The number of benzene rings is 1. The Bertz CT molecular complexity index is 303. The van der Waals surface area contributed by atoms with Crippen LogP contribution in [0.1, 0.15) is 45.6 Å². The monoisotopic (exact) mass is 222 g/mol. The number of hydrogen-bond donors (Lipinski definition) is 1. The van der Waals surface area contributed by atoms with Crippen LogP contribution in [0, 0.1) is 5.92 Å². The van der Waals surface area contributed by atoms with Gasteiger partial charge in [0.25, 0.3) is 0 Å². The second kappa shape index (κ2) is 5.90. The van der Waals surface area contributed by atoms with Crippen molar-refractivity contribution >= 4 is 0 Å². The lowest BCUT2D eigenvalue weighted by molar-refractivity contribution is -0.0515. The molecule has 2 nitrogen and oxygen atoms in total. The van der Waals surface area contributed by atoms with E-state index in [1.165, 1.54) is 5.56 Å². The zero-order chi connectivity index (χ0) is 12.1. The fourth-order valence-corrected chi connectivity index (χ4v) is 1.39. The highest BCUT2D eigenvalue weighted by molar-refractivity contribution is 5.29. The summed E-state index contributed by atoms with van der Waals surface area (Å²) in [5, 5.41) is 9.58. The van der Waals surface area contributed by atoms with Gasteiger partial charge in [-0.15, -0.1) is 0 Å². The number of ether oxygens (including phenoxy) is 1. The van der Waals surface area contributed by atoms with Crippen LogP contribution in [0.25, 0.3) is 0 Å². The zero-order valence-electron chi connectivity index (χ0n) is 10.6. The molecule has 0 aromatic heterocycles. The summed E-state index contributed by atoms with van der Waals surface area (Å²) < 4.78 is 5.40. The fourth-order valence-electron chi connectivity index (χ4n) is 1.39. The van der Waals surface area contributed by atoms with Crippen LogP contribution < -0.4 is 4.74 Å². The standard InChI is InChI=1S/C14H22O2/c1-5-11(4)12-6-8-13(9-7-12)16-14(15)10(2)3/h6-11,14-15H,5H2,1-4H3. The Morgan fingerprint density at radius 2 is 1.69 bits per heavy atom. The Labute approximate surface area is 98.3 Å². The molecular weight excluding hydrogens is 200 g/mol. The van der Waals surface area contributed by atoms with Crippen molar-refractivity contribution in [3.63, 3.8) is 0 Å². The molecule has 0 radical (unpaired) electrons. The zero-order valence-corrected chi connectivity index (χ0v) is 10.6. The molecule has 0 saturated heterocycles. The highest BCUT2D eigenvalue weighted by atomic mass is 16.6. The van der Waals surface area contributed by atoms with Gasteiger partial charge in [-0.3, -0.25) is 0 Å². The molecule has 0 heterocycles. The van der Waals surface area contributed by atoms with Crippen LogP contribution in [0.2, 0.25) is 0 Å². The van der Waals surface area contributed by atoms with E-state index in [0.717, 1.165) is 12.2 Å². The van der Waals surface area contributed by atoms with E-state index in [4.69, 9.17) is 4.74 Å². The molecule has 0 aliphatic heterocycles. The van der Waals surface area contributed by atoms with E-state index in [0.29, 0.717) is 5.92 Å². The molecule has 0 amide bonds. The van der Waals surface area contributed by atoms with Crippen molar-refractivity contribution in [1.29, 1.82) is 0 Å². The van der Waals surface area contributed by atoms with Gasteiger partial charge in [-0.25, -0.2) is 0 Å². The Kier molecular flexibility index (Phi) is 4.81. The van der Waals surface area contributed by atoms with E-state index in [1.807, 2.05) is 26.0 Å². The van der Waals surface area contributed by atoms with Gasteiger partial charge in [0.2, 0.25) is 0 Å².